The zero-order valence-corrected chi connectivity index (χ0v) is 11.1. The Morgan fingerprint density at radius 3 is 3.16 bits per heavy atom. The van der Waals surface area contributed by atoms with Crippen LogP contribution in [0, 0.1) is 0 Å². The molecule has 1 aliphatic rings. The minimum Gasteiger partial charge on any atom is -0.481 e. The van der Waals surface area contributed by atoms with Gasteiger partial charge in [0.25, 0.3) is 5.56 Å². The lowest BCUT2D eigenvalue weighted by atomic mass is 10.0. The quantitative estimate of drug-likeness (QED) is 0.913. The maximum atomic E-state index is 12.4. The molecule has 0 amide bonds. The normalized spacial score (nSPS) is 17.8. The summed E-state index contributed by atoms with van der Waals surface area (Å²) >= 11 is 1.42. The highest BCUT2D eigenvalue weighted by Crippen LogP contribution is 2.41. The molecule has 2 aromatic heterocycles. The van der Waals surface area contributed by atoms with Crippen molar-refractivity contribution in [3.63, 3.8) is 0 Å². The molecule has 1 N–H and O–H groups in total. The van der Waals surface area contributed by atoms with E-state index in [-0.39, 0.29) is 12.3 Å². The van der Waals surface area contributed by atoms with Gasteiger partial charge in [-0.2, -0.15) is 0 Å². The highest BCUT2D eigenvalue weighted by molar-refractivity contribution is 7.18. The van der Waals surface area contributed by atoms with E-state index >= 15 is 0 Å². The van der Waals surface area contributed by atoms with Gasteiger partial charge in [-0.15, -0.1) is 11.3 Å². The molecule has 7 heteroatoms. The summed E-state index contributed by atoms with van der Waals surface area (Å²) in [5.74, 6) is -1.46. The van der Waals surface area contributed by atoms with Crippen molar-refractivity contribution in [2.24, 2.45) is 0 Å². The number of carbonyl (C=O) groups is 1. The Labute approximate surface area is 112 Å². The summed E-state index contributed by atoms with van der Waals surface area (Å²) in [6.07, 6.45) is 2.71. The fourth-order valence-electron chi connectivity index (χ4n) is 2.55. The number of carboxylic acids is 1. The lowest BCUT2D eigenvalue weighted by Gasteiger charge is -2.06. The number of carboxylic acid groups (broad SMARTS) is 1. The molecule has 6 nitrogen and oxygen atoms in total. The number of nitrogens with zero attached hydrogens (tertiary/aromatic N) is 2. The molecular formula is C12H12N2O4S. The zero-order chi connectivity index (χ0) is 13.6. The summed E-state index contributed by atoms with van der Waals surface area (Å²) in [7, 11) is 1.49. The smallest absolute Gasteiger partial charge is 0.311 e. The van der Waals surface area contributed by atoms with Crippen molar-refractivity contribution < 1.29 is 14.6 Å². The van der Waals surface area contributed by atoms with Crippen molar-refractivity contribution in [1.29, 1.82) is 0 Å². The van der Waals surface area contributed by atoms with Gasteiger partial charge in [-0.05, 0) is 18.4 Å². The van der Waals surface area contributed by atoms with E-state index in [2.05, 4.69) is 4.98 Å². The van der Waals surface area contributed by atoms with E-state index in [9.17, 15) is 14.7 Å². The van der Waals surface area contributed by atoms with Crippen molar-refractivity contribution >= 4 is 27.5 Å². The molecule has 0 radical (unpaired) electrons. The predicted octanol–water partition coefficient (Wildman–Crippen LogP) is 1.18. The molecule has 0 saturated carbocycles. The Kier molecular flexibility index (Phi) is 2.87. The number of aliphatic carboxylic acids is 1. The van der Waals surface area contributed by atoms with Crippen LogP contribution in [0.2, 0.25) is 0 Å². The standard InChI is InChI=1S/C12H12N2O4S/c1-18-5-14-4-13-10-9(11(14)15)8-6(12(16)17)2-3-7(8)19-10/h4,6H,2-3,5H2,1H3,(H,16,17). The summed E-state index contributed by atoms with van der Waals surface area (Å²) in [4.78, 5) is 29.5. The summed E-state index contributed by atoms with van der Waals surface area (Å²) < 4.78 is 6.29. The first kappa shape index (κ1) is 12.3. The number of rotatable bonds is 3. The van der Waals surface area contributed by atoms with Gasteiger partial charge >= 0.3 is 5.97 Å². The predicted molar refractivity (Wildman–Crippen MR) is 69.6 cm³/mol. The molecule has 2 heterocycles. The van der Waals surface area contributed by atoms with Gasteiger partial charge < -0.3 is 9.84 Å². The molecule has 0 fully saturated rings. The molecule has 2 aromatic rings. The second kappa shape index (κ2) is 4.43. The Hall–Kier alpha value is -1.73. The average Bonchev–Trinajstić information content (AvgIpc) is 2.90. The molecule has 0 spiro atoms. The van der Waals surface area contributed by atoms with Crippen LogP contribution in [-0.2, 0) is 22.7 Å². The number of fused-ring (bicyclic) bond motifs is 3. The van der Waals surface area contributed by atoms with Crippen LogP contribution in [0.15, 0.2) is 11.1 Å². The second-order valence-corrected chi connectivity index (χ2v) is 5.57. The number of hydrogen-bond donors (Lipinski definition) is 1. The molecule has 0 saturated heterocycles. The van der Waals surface area contributed by atoms with E-state index in [0.29, 0.717) is 28.6 Å². The van der Waals surface area contributed by atoms with Crippen LogP contribution in [0.5, 0.6) is 0 Å². The third-order valence-corrected chi connectivity index (χ3v) is 4.54. The van der Waals surface area contributed by atoms with E-state index in [1.807, 2.05) is 0 Å². The number of methoxy groups -OCH3 is 1. The number of ether oxygens (including phenoxy) is 1. The summed E-state index contributed by atoms with van der Waals surface area (Å²) in [6, 6.07) is 0. The maximum absolute atomic E-state index is 12.4. The monoisotopic (exact) mass is 280 g/mol. The molecule has 1 unspecified atom stereocenters. The highest BCUT2D eigenvalue weighted by atomic mass is 32.1. The molecule has 19 heavy (non-hydrogen) atoms. The van der Waals surface area contributed by atoms with E-state index in [4.69, 9.17) is 4.74 Å². The number of aromatic nitrogens is 2. The average molecular weight is 280 g/mol. The topological polar surface area (TPSA) is 81.4 Å². The summed E-state index contributed by atoms with van der Waals surface area (Å²) in [6.45, 7) is 0.115. The number of thiophene rings is 1. The molecule has 3 rings (SSSR count). The van der Waals surface area contributed by atoms with Crippen LogP contribution in [0.4, 0.5) is 0 Å². The first-order chi connectivity index (χ1) is 9.13. The molecule has 100 valence electrons. The van der Waals surface area contributed by atoms with Crippen molar-refractivity contribution in [2.45, 2.75) is 25.5 Å². The molecule has 1 aliphatic carbocycles. The first-order valence-corrected chi connectivity index (χ1v) is 6.67. The minimum atomic E-state index is -0.875. The highest BCUT2D eigenvalue weighted by Gasteiger charge is 2.34. The van der Waals surface area contributed by atoms with Crippen LogP contribution in [0.1, 0.15) is 22.8 Å². The van der Waals surface area contributed by atoms with Crippen LogP contribution in [-0.4, -0.2) is 27.7 Å². The van der Waals surface area contributed by atoms with Gasteiger partial charge in [0.05, 0.1) is 11.3 Å². The van der Waals surface area contributed by atoms with Crippen molar-refractivity contribution in [3.05, 3.63) is 27.1 Å². The van der Waals surface area contributed by atoms with Gasteiger partial charge in [0.1, 0.15) is 17.9 Å². The molecular weight excluding hydrogens is 268 g/mol. The van der Waals surface area contributed by atoms with Crippen molar-refractivity contribution in [1.82, 2.24) is 9.55 Å². The first-order valence-electron chi connectivity index (χ1n) is 5.86. The third-order valence-electron chi connectivity index (χ3n) is 3.37. The largest absolute Gasteiger partial charge is 0.481 e. The van der Waals surface area contributed by atoms with Gasteiger partial charge in [0, 0.05) is 12.0 Å². The minimum absolute atomic E-state index is 0.115. The second-order valence-electron chi connectivity index (χ2n) is 4.49. The fraction of sp³-hybridized carbons (Fsp3) is 0.417. The van der Waals surface area contributed by atoms with Gasteiger partial charge in [-0.25, -0.2) is 4.98 Å². The van der Waals surface area contributed by atoms with E-state index < -0.39 is 11.9 Å². The molecule has 0 aliphatic heterocycles. The Balaban J connectivity index is 2.28. The van der Waals surface area contributed by atoms with Crippen LogP contribution < -0.4 is 5.56 Å². The van der Waals surface area contributed by atoms with Gasteiger partial charge in [-0.1, -0.05) is 0 Å². The Morgan fingerprint density at radius 1 is 1.68 bits per heavy atom. The zero-order valence-electron chi connectivity index (χ0n) is 10.3. The Bertz CT molecular complexity index is 718. The van der Waals surface area contributed by atoms with Crippen LogP contribution in [0.25, 0.3) is 10.2 Å². The lowest BCUT2D eigenvalue weighted by Crippen LogP contribution is -2.22. The molecule has 0 bridgehead atoms. The molecule has 1 atom stereocenters. The van der Waals surface area contributed by atoms with Crippen molar-refractivity contribution in [2.75, 3.05) is 7.11 Å². The maximum Gasteiger partial charge on any atom is 0.311 e. The van der Waals surface area contributed by atoms with Crippen LogP contribution >= 0.6 is 11.3 Å². The SMILES string of the molecule is COCn1cnc2sc3c(c2c1=O)C(C(=O)O)CC3. The Morgan fingerprint density at radius 2 is 2.47 bits per heavy atom. The number of aryl methyl sites for hydroxylation is 1. The van der Waals surface area contributed by atoms with Gasteiger partial charge in [0.2, 0.25) is 0 Å². The van der Waals surface area contributed by atoms with E-state index in [1.165, 1.54) is 29.3 Å². The third kappa shape index (κ3) is 1.77. The summed E-state index contributed by atoms with van der Waals surface area (Å²) in [5, 5.41) is 9.70. The van der Waals surface area contributed by atoms with Gasteiger partial charge in [-0.3, -0.25) is 14.2 Å². The number of hydrogen-bond acceptors (Lipinski definition) is 5. The molecule has 0 aromatic carbocycles. The van der Waals surface area contributed by atoms with E-state index in [0.717, 1.165) is 4.88 Å². The lowest BCUT2D eigenvalue weighted by molar-refractivity contribution is -0.138. The van der Waals surface area contributed by atoms with Gasteiger partial charge in [0.15, 0.2) is 0 Å². The fourth-order valence-corrected chi connectivity index (χ4v) is 3.75. The van der Waals surface area contributed by atoms with Crippen LogP contribution in [0.3, 0.4) is 0 Å². The van der Waals surface area contributed by atoms with Crippen molar-refractivity contribution in [3.8, 4) is 0 Å². The summed E-state index contributed by atoms with van der Waals surface area (Å²) in [5.41, 5.74) is 0.438. The van der Waals surface area contributed by atoms with E-state index in [1.54, 1.807) is 0 Å².